The van der Waals surface area contributed by atoms with E-state index >= 15 is 0 Å². The second-order valence-electron chi connectivity index (χ2n) is 6.37. The van der Waals surface area contributed by atoms with Crippen molar-refractivity contribution in [3.63, 3.8) is 0 Å². The van der Waals surface area contributed by atoms with E-state index in [-0.39, 0.29) is 11.9 Å². The van der Waals surface area contributed by atoms with Crippen LogP contribution >= 0.6 is 0 Å². The molecule has 1 aliphatic rings. The molecule has 0 radical (unpaired) electrons. The van der Waals surface area contributed by atoms with Crippen molar-refractivity contribution in [1.29, 1.82) is 0 Å². The number of nitrogens with zero attached hydrogens (tertiary/aromatic N) is 6. The summed E-state index contributed by atoms with van der Waals surface area (Å²) >= 11 is 0. The summed E-state index contributed by atoms with van der Waals surface area (Å²) in [5.74, 6) is -0.00469. The molecule has 0 aliphatic carbocycles. The predicted molar refractivity (Wildman–Crippen MR) is 88.9 cm³/mol. The maximum atomic E-state index is 12.9. The van der Waals surface area contributed by atoms with Gasteiger partial charge in [0.1, 0.15) is 5.56 Å². The van der Waals surface area contributed by atoms with Gasteiger partial charge in [-0.25, -0.2) is 9.50 Å². The van der Waals surface area contributed by atoms with Gasteiger partial charge in [-0.2, -0.15) is 10.2 Å². The monoisotopic (exact) mass is 324 g/mol. The first-order valence-corrected chi connectivity index (χ1v) is 8.24. The molecule has 4 rings (SSSR count). The van der Waals surface area contributed by atoms with Crippen LogP contribution in [0, 0.1) is 13.8 Å². The molecule has 1 amide bonds. The summed E-state index contributed by atoms with van der Waals surface area (Å²) in [6.07, 6.45) is 7.11. The number of hydrogen-bond donors (Lipinski definition) is 0. The van der Waals surface area contributed by atoms with Crippen molar-refractivity contribution >= 4 is 11.6 Å². The van der Waals surface area contributed by atoms with Gasteiger partial charge in [0, 0.05) is 31.2 Å². The maximum Gasteiger partial charge on any atom is 0.259 e. The highest BCUT2D eigenvalue weighted by atomic mass is 16.2. The number of carbonyl (C=O) groups excluding carboxylic acids is 1. The molecule has 0 spiro atoms. The van der Waals surface area contributed by atoms with Gasteiger partial charge in [0.05, 0.1) is 17.9 Å². The standard InChI is InChI=1S/C17H20N6O/c1-12-9-13(2)23(20-12)14-5-3-7-21(11-14)17(24)15-10-19-22-8-4-6-18-16(15)22/h4,6,8-10,14H,3,5,7,11H2,1-2H3. The Labute approximate surface area is 139 Å². The number of fused-ring (bicyclic) bond motifs is 1. The molecule has 24 heavy (non-hydrogen) atoms. The molecule has 7 nitrogen and oxygen atoms in total. The first-order chi connectivity index (χ1) is 11.6. The van der Waals surface area contributed by atoms with Crippen LogP contribution in [-0.4, -0.2) is 48.3 Å². The third kappa shape index (κ3) is 2.46. The minimum Gasteiger partial charge on any atom is -0.336 e. The lowest BCUT2D eigenvalue weighted by atomic mass is 10.0. The van der Waals surface area contributed by atoms with Crippen LogP contribution in [0.4, 0.5) is 0 Å². The Hall–Kier alpha value is -2.70. The van der Waals surface area contributed by atoms with Crippen molar-refractivity contribution in [1.82, 2.24) is 29.3 Å². The Morgan fingerprint density at radius 3 is 3.00 bits per heavy atom. The molecule has 1 atom stereocenters. The third-order valence-electron chi connectivity index (χ3n) is 4.58. The fourth-order valence-electron chi connectivity index (χ4n) is 3.50. The van der Waals surface area contributed by atoms with Gasteiger partial charge in [0.25, 0.3) is 5.91 Å². The zero-order chi connectivity index (χ0) is 16.7. The van der Waals surface area contributed by atoms with E-state index < -0.39 is 0 Å². The van der Waals surface area contributed by atoms with Crippen LogP contribution in [0.15, 0.2) is 30.7 Å². The van der Waals surface area contributed by atoms with Crippen molar-refractivity contribution in [2.24, 2.45) is 0 Å². The van der Waals surface area contributed by atoms with Crippen molar-refractivity contribution in [2.75, 3.05) is 13.1 Å². The molecule has 0 aromatic carbocycles. The molecule has 1 aliphatic heterocycles. The van der Waals surface area contributed by atoms with Gasteiger partial charge in [-0.1, -0.05) is 0 Å². The number of aromatic nitrogens is 5. The molecule has 1 saturated heterocycles. The van der Waals surface area contributed by atoms with Crippen molar-refractivity contribution in [3.05, 3.63) is 47.7 Å². The van der Waals surface area contributed by atoms with Gasteiger partial charge >= 0.3 is 0 Å². The van der Waals surface area contributed by atoms with Gasteiger partial charge < -0.3 is 4.90 Å². The van der Waals surface area contributed by atoms with E-state index in [1.807, 2.05) is 11.8 Å². The number of carbonyl (C=O) groups is 1. The average molecular weight is 324 g/mol. The van der Waals surface area contributed by atoms with E-state index in [0.717, 1.165) is 30.8 Å². The molecule has 124 valence electrons. The molecule has 3 aromatic heterocycles. The minimum absolute atomic E-state index is 0.00469. The molecule has 1 unspecified atom stereocenters. The summed E-state index contributed by atoms with van der Waals surface area (Å²) in [7, 11) is 0. The van der Waals surface area contributed by atoms with E-state index in [9.17, 15) is 4.79 Å². The zero-order valence-corrected chi connectivity index (χ0v) is 13.9. The van der Waals surface area contributed by atoms with Gasteiger partial charge in [0.2, 0.25) is 0 Å². The van der Waals surface area contributed by atoms with Crippen molar-refractivity contribution < 1.29 is 4.79 Å². The molecule has 0 N–H and O–H groups in total. The summed E-state index contributed by atoms with van der Waals surface area (Å²) in [5.41, 5.74) is 3.33. The number of hydrogen-bond acceptors (Lipinski definition) is 4. The molecule has 1 fully saturated rings. The van der Waals surface area contributed by atoms with Crippen LogP contribution in [0.5, 0.6) is 0 Å². The lowest BCUT2D eigenvalue weighted by Crippen LogP contribution is -2.41. The number of aryl methyl sites for hydroxylation is 2. The molecule has 4 heterocycles. The Morgan fingerprint density at radius 2 is 2.21 bits per heavy atom. The summed E-state index contributed by atoms with van der Waals surface area (Å²) in [4.78, 5) is 19.1. The predicted octanol–water partition coefficient (Wildman–Crippen LogP) is 2.02. The quantitative estimate of drug-likeness (QED) is 0.723. The Bertz CT molecular complexity index is 896. The van der Waals surface area contributed by atoms with Gasteiger partial charge in [0.15, 0.2) is 5.65 Å². The van der Waals surface area contributed by atoms with E-state index in [1.165, 1.54) is 0 Å². The Kier molecular flexibility index (Phi) is 3.55. The molecular formula is C17H20N6O. The third-order valence-corrected chi connectivity index (χ3v) is 4.58. The van der Waals surface area contributed by atoms with Gasteiger partial charge in [-0.15, -0.1) is 0 Å². The van der Waals surface area contributed by atoms with Crippen LogP contribution in [0.2, 0.25) is 0 Å². The first-order valence-electron chi connectivity index (χ1n) is 8.24. The van der Waals surface area contributed by atoms with Crippen molar-refractivity contribution in [3.8, 4) is 0 Å². The molecule has 7 heteroatoms. The first kappa shape index (κ1) is 14.9. The van der Waals surface area contributed by atoms with E-state index in [0.29, 0.717) is 17.8 Å². The van der Waals surface area contributed by atoms with E-state index in [2.05, 4.69) is 32.9 Å². The summed E-state index contributed by atoms with van der Waals surface area (Å²) in [5, 5.41) is 8.81. The van der Waals surface area contributed by atoms with E-state index in [4.69, 9.17) is 0 Å². The summed E-state index contributed by atoms with van der Waals surface area (Å²) in [6.45, 7) is 5.50. The average Bonchev–Trinajstić information content (AvgIpc) is 3.17. The van der Waals surface area contributed by atoms with Crippen LogP contribution in [0.3, 0.4) is 0 Å². The van der Waals surface area contributed by atoms with Crippen LogP contribution < -0.4 is 0 Å². The number of piperidine rings is 1. The Morgan fingerprint density at radius 1 is 1.33 bits per heavy atom. The normalized spacial score (nSPS) is 18.2. The zero-order valence-electron chi connectivity index (χ0n) is 13.9. The molecular weight excluding hydrogens is 304 g/mol. The second-order valence-corrected chi connectivity index (χ2v) is 6.37. The Balaban J connectivity index is 1.60. The van der Waals surface area contributed by atoms with Crippen LogP contribution in [0.25, 0.3) is 5.65 Å². The van der Waals surface area contributed by atoms with Crippen LogP contribution in [-0.2, 0) is 0 Å². The summed E-state index contributed by atoms with van der Waals surface area (Å²) in [6, 6.07) is 4.11. The van der Waals surface area contributed by atoms with Gasteiger partial charge in [-0.3, -0.25) is 9.48 Å². The topological polar surface area (TPSA) is 68.3 Å². The fraction of sp³-hybridized carbons (Fsp3) is 0.412. The fourth-order valence-corrected chi connectivity index (χ4v) is 3.50. The SMILES string of the molecule is Cc1cc(C)n(C2CCCN(C(=O)c3cnn4cccnc34)C2)n1. The lowest BCUT2D eigenvalue weighted by molar-refractivity contribution is 0.0673. The smallest absolute Gasteiger partial charge is 0.259 e. The number of rotatable bonds is 2. The maximum absolute atomic E-state index is 12.9. The van der Waals surface area contributed by atoms with Crippen LogP contribution in [0.1, 0.15) is 40.6 Å². The number of likely N-dealkylation sites (tertiary alicyclic amines) is 1. The second kappa shape index (κ2) is 5.74. The minimum atomic E-state index is -0.00469. The highest BCUT2D eigenvalue weighted by Gasteiger charge is 2.28. The highest BCUT2D eigenvalue weighted by molar-refractivity contribution is 5.99. The molecule has 0 bridgehead atoms. The van der Waals surface area contributed by atoms with E-state index in [1.54, 1.807) is 29.2 Å². The number of amides is 1. The molecule has 0 saturated carbocycles. The largest absolute Gasteiger partial charge is 0.336 e. The molecule has 3 aromatic rings. The highest BCUT2D eigenvalue weighted by Crippen LogP contribution is 2.24. The summed E-state index contributed by atoms with van der Waals surface area (Å²) < 4.78 is 3.69. The lowest BCUT2D eigenvalue weighted by Gasteiger charge is -2.33. The van der Waals surface area contributed by atoms with Crippen molar-refractivity contribution in [2.45, 2.75) is 32.7 Å². The van der Waals surface area contributed by atoms with Gasteiger partial charge in [-0.05, 0) is 38.8 Å².